The molecule has 1 N–H and O–H groups in total. The van der Waals surface area contributed by atoms with E-state index in [2.05, 4.69) is 4.98 Å². The van der Waals surface area contributed by atoms with E-state index < -0.39 is 5.97 Å². The summed E-state index contributed by atoms with van der Waals surface area (Å²) in [5.41, 5.74) is 1.32. The topological polar surface area (TPSA) is 64.3 Å². The van der Waals surface area contributed by atoms with Gasteiger partial charge in [-0.1, -0.05) is 12.1 Å². The van der Waals surface area contributed by atoms with E-state index in [9.17, 15) is 9.90 Å². The quantitative estimate of drug-likeness (QED) is 0.900. The molecule has 0 saturated heterocycles. The second-order valence-electron chi connectivity index (χ2n) is 3.92. The Labute approximate surface area is 105 Å². The van der Waals surface area contributed by atoms with Crippen molar-refractivity contribution >= 4 is 5.97 Å². The summed E-state index contributed by atoms with van der Waals surface area (Å²) in [6, 6.07) is 7.29. The van der Waals surface area contributed by atoms with Gasteiger partial charge < -0.3 is 14.4 Å². The summed E-state index contributed by atoms with van der Waals surface area (Å²) >= 11 is 0. The van der Waals surface area contributed by atoms with Crippen LogP contribution in [0.25, 0.3) is 11.3 Å². The van der Waals surface area contributed by atoms with Gasteiger partial charge in [-0.25, -0.2) is 9.78 Å². The molecule has 2 aromatic rings. The number of aryl methyl sites for hydroxylation is 1. The first-order valence-electron chi connectivity index (χ1n) is 5.46. The van der Waals surface area contributed by atoms with Gasteiger partial charge in [-0.05, 0) is 19.1 Å². The Bertz CT molecular complexity index is 602. The van der Waals surface area contributed by atoms with Gasteiger partial charge in [0.1, 0.15) is 11.6 Å². The van der Waals surface area contributed by atoms with Crippen LogP contribution in [0.4, 0.5) is 0 Å². The van der Waals surface area contributed by atoms with Crippen LogP contribution in [0.5, 0.6) is 5.75 Å². The number of aromatic carboxylic acids is 1. The van der Waals surface area contributed by atoms with Crippen molar-refractivity contribution in [2.75, 3.05) is 7.11 Å². The zero-order valence-corrected chi connectivity index (χ0v) is 10.5. The summed E-state index contributed by atoms with van der Waals surface area (Å²) in [6.07, 6.45) is 0. The van der Waals surface area contributed by atoms with E-state index in [1.165, 1.54) is 0 Å². The molecule has 0 bridgehead atoms. The smallest absolute Gasteiger partial charge is 0.356 e. The first kappa shape index (κ1) is 12.2. The Kier molecular flexibility index (Phi) is 3.06. The molecule has 0 radical (unpaired) electrons. The maximum atomic E-state index is 11.2. The molecule has 0 saturated carbocycles. The Balaban J connectivity index is 2.74. The minimum Gasteiger partial charge on any atom is -0.496 e. The molecule has 0 unspecified atom stereocenters. The molecule has 0 aliphatic heterocycles. The van der Waals surface area contributed by atoms with Crippen molar-refractivity contribution in [2.24, 2.45) is 7.05 Å². The van der Waals surface area contributed by atoms with E-state index in [1.54, 1.807) is 31.7 Å². The molecule has 2 rings (SSSR count). The van der Waals surface area contributed by atoms with Gasteiger partial charge in [0.05, 0.1) is 12.8 Å². The lowest BCUT2D eigenvalue weighted by molar-refractivity contribution is 0.0692. The zero-order valence-electron chi connectivity index (χ0n) is 10.5. The number of hydrogen-bond donors (Lipinski definition) is 1. The fourth-order valence-electron chi connectivity index (χ4n) is 1.91. The third kappa shape index (κ3) is 1.84. The fourth-order valence-corrected chi connectivity index (χ4v) is 1.91. The van der Waals surface area contributed by atoms with Crippen LogP contribution < -0.4 is 4.74 Å². The van der Waals surface area contributed by atoms with Crippen LogP contribution in [0.2, 0.25) is 0 Å². The second-order valence-corrected chi connectivity index (χ2v) is 3.92. The molecular weight excluding hydrogens is 232 g/mol. The van der Waals surface area contributed by atoms with Crippen molar-refractivity contribution in [2.45, 2.75) is 6.92 Å². The lowest BCUT2D eigenvalue weighted by Crippen LogP contribution is -2.02. The van der Waals surface area contributed by atoms with E-state index in [0.29, 0.717) is 17.3 Å². The minimum atomic E-state index is -1.04. The molecule has 0 fully saturated rings. The van der Waals surface area contributed by atoms with Crippen molar-refractivity contribution in [3.63, 3.8) is 0 Å². The molecule has 94 valence electrons. The Morgan fingerprint density at radius 2 is 2.06 bits per heavy atom. The van der Waals surface area contributed by atoms with Crippen LogP contribution in [0, 0.1) is 6.92 Å². The number of para-hydroxylation sites is 1. The molecule has 5 nitrogen and oxygen atoms in total. The van der Waals surface area contributed by atoms with Crippen LogP contribution in [0.15, 0.2) is 24.3 Å². The summed E-state index contributed by atoms with van der Waals surface area (Å²) in [5.74, 6) is 0.232. The summed E-state index contributed by atoms with van der Waals surface area (Å²) in [7, 11) is 3.35. The van der Waals surface area contributed by atoms with Gasteiger partial charge in [0.25, 0.3) is 0 Å². The lowest BCUT2D eigenvalue weighted by Gasteiger charge is -2.10. The normalized spacial score (nSPS) is 10.4. The van der Waals surface area contributed by atoms with Crippen LogP contribution >= 0.6 is 0 Å². The summed E-state index contributed by atoms with van der Waals surface area (Å²) in [5, 5.41) is 9.21. The average Bonchev–Trinajstić information content (AvgIpc) is 2.66. The van der Waals surface area contributed by atoms with Crippen molar-refractivity contribution < 1.29 is 14.6 Å². The van der Waals surface area contributed by atoms with Crippen molar-refractivity contribution in [3.8, 4) is 17.0 Å². The summed E-state index contributed by atoms with van der Waals surface area (Å²) in [4.78, 5) is 15.3. The fraction of sp³-hybridized carbons (Fsp3) is 0.231. The number of aromatic nitrogens is 2. The molecule has 0 spiro atoms. The number of benzene rings is 1. The summed E-state index contributed by atoms with van der Waals surface area (Å²) < 4.78 is 7.02. The van der Waals surface area contributed by atoms with Gasteiger partial charge in [-0.2, -0.15) is 0 Å². The van der Waals surface area contributed by atoms with Crippen molar-refractivity contribution in [1.29, 1.82) is 0 Å². The highest BCUT2D eigenvalue weighted by Crippen LogP contribution is 2.32. The standard InChI is InChI=1S/C13H14N2O3/c1-8-14-11(13(16)17)12(15(8)2)9-6-4-5-7-10(9)18-3/h4-7H,1-3H3,(H,16,17). The highest BCUT2D eigenvalue weighted by molar-refractivity contribution is 5.94. The third-order valence-electron chi connectivity index (χ3n) is 2.88. The monoisotopic (exact) mass is 246 g/mol. The second kappa shape index (κ2) is 4.52. The van der Waals surface area contributed by atoms with Gasteiger partial charge in [-0.15, -0.1) is 0 Å². The Morgan fingerprint density at radius 1 is 1.39 bits per heavy atom. The number of ether oxygens (including phenoxy) is 1. The van der Waals surface area contributed by atoms with E-state index in [1.807, 2.05) is 18.2 Å². The molecule has 1 aromatic heterocycles. The van der Waals surface area contributed by atoms with Crippen LogP contribution in [-0.4, -0.2) is 27.7 Å². The first-order chi connectivity index (χ1) is 8.56. The third-order valence-corrected chi connectivity index (χ3v) is 2.88. The number of hydrogen-bond acceptors (Lipinski definition) is 3. The van der Waals surface area contributed by atoms with Gasteiger partial charge in [0.2, 0.25) is 0 Å². The largest absolute Gasteiger partial charge is 0.496 e. The van der Waals surface area contributed by atoms with E-state index >= 15 is 0 Å². The number of carboxylic acids is 1. The van der Waals surface area contributed by atoms with Crippen LogP contribution in [0.3, 0.4) is 0 Å². The van der Waals surface area contributed by atoms with Gasteiger partial charge in [-0.3, -0.25) is 0 Å². The van der Waals surface area contributed by atoms with Crippen LogP contribution in [0.1, 0.15) is 16.3 Å². The van der Waals surface area contributed by atoms with E-state index in [0.717, 1.165) is 5.56 Å². The molecule has 0 aliphatic carbocycles. The van der Waals surface area contributed by atoms with Crippen LogP contribution in [-0.2, 0) is 7.05 Å². The number of carboxylic acid groups (broad SMARTS) is 1. The number of carbonyl (C=O) groups is 1. The summed E-state index contributed by atoms with van der Waals surface area (Å²) in [6.45, 7) is 1.77. The average molecular weight is 246 g/mol. The molecule has 0 atom stereocenters. The van der Waals surface area contributed by atoms with Crippen molar-refractivity contribution in [3.05, 3.63) is 35.8 Å². The molecule has 18 heavy (non-hydrogen) atoms. The minimum absolute atomic E-state index is 0.0412. The van der Waals surface area contributed by atoms with Gasteiger partial charge >= 0.3 is 5.97 Å². The highest BCUT2D eigenvalue weighted by Gasteiger charge is 2.21. The Hall–Kier alpha value is -2.30. The number of rotatable bonds is 3. The number of nitrogens with zero attached hydrogens (tertiary/aromatic N) is 2. The highest BCUT2D eigenvalue weighted by atomic mass is 16.5. The molecular formula is C13H14N2O3. The first-order valence-corrected chi connectivity index (χ1v) is 5.46. The molecule has 0 amide bonds. The van der Waals surface area contributed by atoms with E-state index in [4.69, 9.17) is 4.74 Å². The van der Waals surface area contributed by atoms with Gasteiger partial charge in [0, 0.05) is 12.6 Å². The number of methoxy groups -OCH3 is 1. The Morgan fingerprint density at radius 3 is 2.67 bits per heavy atom. The molecule has 5 heteroatoms. The zero-order chi connectivity index (χ0) is 13.3. The predicted octanol–water partition coefficient (Wildman–Crippen LogP) is 2.10. The molecule has 0 aliphatic rings. The van der Waals surface area contributed by atoms with Gasteiger partial charge in [0.15, 0.2) is 5.69 Å². The maximum Gasteiger partial charge on any atom is 0.356 e. The van der Waals surface area contributed by atoms with E-state index in [-0.39, 0.29) is 5.69 Å². The van der Waals surface area contributed by atoms with Crippen molar-refractivity contribution in [1.82, 2.24) is 9.55 Å². The maximum absolute atomic E-state index is 11.2. The predicted molar refractivity (Wildman–Crippen MR) is 66.9 cm³/mol. The molecule has 1 aromatic carbocycles. The SMILES string of the molecule is COc1ccccc1-c1c(C(=O)O)nc(C)n1C. The lowest BCUT2D eigenvalue weighted by atomic mass is 10.1. The molecule has 1 heterocycles. The number of imidazole rings is 1.